The van der Waals surface area contributed by atoms with Crippen LogP contribution in [-0.4, -0.2) is 17.1 Å². The van der Waals surface area contributed by atoms with Crippen molar-refractivity contribution in [3.63, 3.8) is 0 Å². The van der Waals surface area contributed by atoms with E-state index in [0.29, 0.717) is 22.7 Å². The summed E-state index contributed by atoms with van der Waals surface area (Å²) < 4.78 is 32.3. The molecule has 102 valence electrons. The first kappa shape index (κ1) is 12.6. The Kier molecular flexibility index (Phi) is 2.89. The monoisotopic (exact) mass is 274 g/mol. The number of nitrogens with one attached hydrogen (secondary N) is 1. The molecular formula is C15H12F2N2O. The van der Waals surface area contributed by atoms with Crippen LogP contribution >= 0.6 is 0 Å². The molecule has 0 aliphatic heterocycles. The first-order chi connectivity index (χ1) is 9.58. The van der Waals surface area contributed by atoms with Crippen LogP contribution in [-0.2, 0) is 0 Å². The molecule has 0 saturated carbocycles. The van der Waals surface area contributed by atoms with Gasteiger partial charge in [-0.2, -0.15) is 0 Å². The summed E-state index contributed by atoms with van der Waals surface area (Å²) in [7, 11) is 1.57. The normalized spacial score (nSPS) is 11.0. The number of hydrogen-bond acceptors (Lipinski definition) is 2. The Morgan fingerprint density at radius 2 is 1.90 bits per heavy atom. The number of aromatic amines is 1. The third-order valence-corrected chi connectivity index (χ3v) is 3.19. The lowest BCUT2D eigenvalue weighted by Crippen LogP contribution is -1.91. The molecule has 0 aliphatic rings. The molecule has 3 nitrogen and oxygen atoms in total. The highest BCUT2D eigenvalue weighted by Gasteiger charge is 2.13. The van der Waals surface area contributed by atoms with Crippen molar-refractivity contribution >= 4 is 11.0 Å². The van der Waals surface area contributed by atoms with Gasteiger partial charge in [-0.05, 0) is 30.7 Å². The third-order valence-electron chi connectivity index (χ3n) is 3.19. The smallest absolute Gasteiger partial charge is 0.141 e. The number of aromatic nitrogens is 2. The van der Waals surface area contributed by atoms with Gasteiger partial charge in [0.1, 0.15) is 23.2 Å². The second-order valence-electron chi connectivity index (χ2n) is 4.55. The molecule has 3 aromatic rings. The molecule has 0 unspecified atom stereocenters. The highest BCUT2D eigenvalue weighted by atomic mass is 19.1. The Hall–Kier alpha value is -2.43. The number of imidazole rings is 1. The van der Waals surface area contributed by atoms with E-state index in [1.54, 1.807) is 32.2 Å². The predicted molar refractivity (Wildman–Crippen MR) is 72.7 cm³/mol. The van der Waals surface area contributed by atoms with E-state index in [2.05, 4.69) is 9.97 Å². The summed E-state index contributed by atoms with van der Waals surface area (Å²) in [5, 5.41) is 0. The fraction of sp³-hybridized carbons (Fsp3) is 0.133. The molecule has 0 aliphatic carbocycles. The lowest BCUT2D eigenvalue weighted by atomic mass is 10.1. The number of aryl methyl sites for hydroxylation is 1. The molecule has 5 heteroatoms. The summed E-state index contributed by atoms with van der Waals surface area (Å²) in [6, 6.07) is 7.65. The van der Waals surface area contributed by atoms with Gasteiger partial charge in [-0.1, -0.05) is 0 Å². The molecular weight excluding hydrogens is 262 g/mol. The van der Waals surface area contributed by atoms with Crippen LogP contribution in [0.4, 0.5) is 8.78 Å². The van der Waals surface area contributed by atoms with Crippen molar-refractivity contribution < 1.29 is 13.5 Å². The average molecular weight is 274 g/mol. The minimum absolute atomic E-state index is 0.249. The van der Waals surface area contributed by atoms with Crippen LogP contribution in [0.2, 0.25) is 0 Å². The lowest BCUT2D eigenvalue weighted by molar-refractivity contribution is 0.415. The van der Waals surface area contributed by atoms with Crippen LogP contribution < -0.4 is 4.74 Å². The van der Waals surface area contributed by atoms with Gasteiger partial charge in [0.05, 0.1) is 23.7 Å². The maximum Gasteiger partial charge on any atom is 0.141 e. The van der Waals surface area contributed by atoms with Crippen LogP contribution in [0.15, 0.2) is 30.3 Å². The average Bonchev–Trinajstić information content (AvgIpc) is 2.85. The maximum absolute atomic E-state index is 13.9. The Balaban J connectivity index is 2.17. The number of methoxy groups -OCH3 is 1. The Labute approximate surface area is 114 Å². The van der Waals surface area contributed by atoms with Crippen LogP contribution in [0.3, 0.4) is 0 Å². The minimum atomic E-state index is -0.640. The largest absolute Gasteiger partial charge is 0.497 e. The molecule has 20 heavy (non-hydrogen) atoms. The Morgan fingerprint density at radius 3 is 2.65 bits per heavy atom. The molecule has 1 aromatic heterocycles. The first-order valence-corrected chi connectivity index (χ1v) is 6.08. The van der Waals surface area contributed by atoms with E-state index in [4.69, 9.17) is 4.74 Å². The molecule has 0 saturated heterocycles. The van der Waals surface area contributed by atoms with Crippen molar-refractivity contribution in [1.29, 1.82) is 0 Å². The number of nitrogens with zero attached hydrogens (tertiary/aromatic N) is 1. The van der Waals surface area contributed by atoms with E-state index in [1.807, 2.05) is 0 Å². The van der Waals surface area contributed by atoms with E-state index in [0.717, 1.165) is 11.6 Å². The highest BCUT2D eigenvalue weighted by Crippen LogP contribution is 2.27. The van der Waals surface area contributed by atoms with Gasteiger partial charge in [0.2, 0.25) is 0 Å². The van der Waals surface area contributed by atoms with Crippen molar-refractivity contribution in [3.05, 3.63) is 47.5 Å². The molecule has 0 fully saturated rings. The van der Waals surface area contributed by atoms with Crippen molar-refractivity contribution in [3.8, 4) is 17.1 Å². The van der Waals surface area contributed by atoms with Gasteiger partial charge in [-0.3, -0.25) is 0 Å². The van der Waals surface area contributed by atoms with E-state index < -0.39 is 11.6 Å². The summed E-state index contributed by atoms with van der Waals surface area (Å²) in [5.74, 6) is -0.152. The van der Waals surface area contributed by atoms with E-state index in [-0.39, 0.29) is 5.56 Å². The van der Waals surface area contributed by atoms with Crippen molar-refractivity contribution in [2.75, 3.05) is 7.11 Å². The zero-order valence-corrected chi connectivity index (χ0v) is 11.0. The lowest BCUT2D eigenvalue weighted by Gasteiger charge is -2.02. The van der Waals surface area contributed by atoms with Gasteiger partial charge >= 0.3 is 0 Å². The second-order valence-corrected chi connectivity index (χ2v) is 4.55. The van der Waals surface area contributed by atoms with Crippen molar-refractivity contribution in [2.45, 2.75) is 6.92 Å². The fourth-order valence-corrected chi connectivity index (χ4v) is 2.08. The van der Waals surface area contributed by atoms with Crippen LogP contribution in [0, 0.1) is 18.6 Å². The first-order valence-electron chi connectivity index (χ1n) is 6.08. The molecule has 0 atom stereocenters. The SMILES string of the molecule is COc1ccc2nc(-c3cc(C)c(F)cc3F)[nH]c2c1. The molecule has 0 spiro atoms. The minimum Gasteiger partial charge on any atom is -0.497 e. The number of ether oxygens (including phenoxy) is 1. The number of H-pyrrole nitrogens is 1. The van der Waals surface area contributed by atoms with Gasteiger partial charge in [0, 0.05) is 12.1 Å². The quantitative estimate of drug-likeness (QED) is 0.771. The van der Waals surface area contributed by atoms with Gasteiger partial charge in [-0.15, -0.1) is 0 Å². The van der Waals surface area contributed by atoms with Gasteiger partial charge in [0.15, 0.2) is 0 Å². The second kappa shape index (κ2) is 4.59. The van der Waals surface area contributed by atoms with Crippen LogP contribution in [0.25, 0.3) is 22.4 Å². The zero-order chi connectivity index (χ0) is 14.3. The van der Waals surface area contributed by atoms with Gasteiger partial charge < -0.3 is 9.72 Å². The molecule has 0 amide bonds. The van der Waals surface area contributed by atoms with Crippen molar-refractivity contribution in [1.82, 2.24) is 9.97 Å². The zero-order valence-electron chi connectivity index (χ0n) is 11.0. The molecule has 1 heterocycles. The summed E-state index contributed by atoms with van der Waals surface area (Å²) in [5.41, 5.74) is 2.06. The number of rotatable bonds is 2. The number of halogens is 2. The molecule has 0 bridgehead atoms. The third kappa shape index (κ3) is 2.01. The molecule has 1 N–H and O–H groups in total. The fourth-order valence-electron chi connectivity index (χ4n) is 2.08. The Morgan fingerprint density at radius 1 is 1.10 bits per heavy atom. The highest BCUT2D eigenvalue weighted by molar-refractivity contribution is 5.80. The summed E-state index contributed by atoms with van der Waals surface area (Å²) in [6.07, 6.45) is 0. The molecule has 0 radical (unpaired) electrons. The summed E-state index contributed by atoms with van der Waals surface area (Å²) in [4.78, 5) is 7.34. The molecule has 3 rings (SSSR count). The van der Waals surface area contributed by atoms with Gasteiger partial charge in [-0.25, -0.2) is 13.8 Å². The maximum atomic E-state index is 13.9. The summed E-state index contributed by atoms with van der Waals surface area (Å²) >= 11 is 0. The van der Waals surface area contributed by atoms with Crippen molar-refractivity contribution in [2.24, 2.45) is 0 Å². The summed E-state index contributed by atoms with van der Waals surface area (Å²) in [6.45, 7) is 1.59. The van der Waals surface area contributed by atoms with E-state index >= 15 is 0 Å². The van der Waals surface area contributed by atoms with Crippen LogP contribution in [0.1, 0.15) is 5.56 Å². The van der Waals surface area contributed by atoms with Crippen LogP contribution in [0.5, 0.6) is 5.75 Å². The molecule has 2 aromatic carbocycles. The Bertz CT molecular complexity index is 796. The standard InChI is InChI=1S/C15H12F2N2O/c1-8-5-10(12(17)7-11(8)16)15-18-13-4-3-9(20-2)6-14(13)19-15/h3-7H,1-2H3,(H,18,19). The predicted octanol–water partition coefficient (Wildman–Crippen LogP) is 3.83. The van der Waals surface area contributed by atoms with E-state index in [9.17, 15) is 8.78 Å². The number of hydrogen-bond donors (Lipinski definition) is 1. The number of fused-ring (bicyclic) bond motifs is 1. The van der Waals surface area contributed by atoms with Gasteiger partial charge in [0.25, 0.3) is 0 Å². The number of benzene rings is 2. The topological polar surface area (TPSA) is 37.9 Å². The van der Waals surface area contributed by atoms with E-state index in [1.165, 1.54) is 6.07 Å².